The van der Waals surface area contributed by atoms with Crippen molar-refractivity contribution in [2.24, 2.45) is 7.05 Å². The predicted molar refractivity (Wildman–Crippen MR) is 214 cm³/mol. The van der Waals surface area contributed by atoms with Gasteiger partial charge >= 0.3 is 6.18 Å². The number of aryl methyl sites for hydroxylation is 1. The molecule has 9 rings (SSSR count). The van der Waals surface area contributed by atoms with Gasteiger partial charge in [-0.05, 0) is 72.0 Å². The first-order valence-electron chi connectivity index (χ1n) is 19.7. The third-order valence-electron chi connectivity index (χ3n) is 11.0. The van der Waals surface area contributed by atoms with Crippen LogP contribution >= 0.6 is 0 Å². The van der Waals surface area contributed by atoms with Gasteiger partial charge in [-0.3, -0.25) is 24.7 Å². The number of carbonyl (C=O) groups excluding carboxylic acids is 3. The molecule has 1 aliphatic carbocycles. The number of rotatable bonds is 11. The summed E-state index contributed by atoms with van der Waals surface area (Å²) in [4.78, 5) is 50.6. The van der Waals surface area contributed by atoms with Gasteiger partial charge in [-0.25, -0.2) is 9.97 Å². The number of hydrogen-bond acceptors (Lipinski definition) is 10. The number of benzene rings is 2. The van der Waals surface area contributed by atoms with Crippen molar-refractivity contribution in [2.75, 3.05) is 19.8 Å². The Labute approximate surface area is 346 Å². The number of alkyl halides is 3. The zero-order chi connectivity index (χ0) is 42.3. The van der Waals surface area contributed by atoms with E-state index in [1.54, 1.807) is 36.7 Å². The van der Waals surface area contributed by atoms with E-state index in [1.807, 2.05) is 31.4 Å². The number of piperidine rings is 1. The van der Waals surface area contributed by atoms with E-state index >= 15 is 0 Å². The lowest BCUT2D eigenvalue weighted by atomic mass is 9.92. The molecule has 61 heavy (non-hydrogen) atoms. The molecule has 0 radical (unpaired) electrons. The van der Waals surface area contributed by atoms with Crippen molar-refractivity contribution in [3.8, 4) is 40.3 Å². The average Bonchev–Trinajstić information content (AvgIpc) is 3.71. The van der Waals surface area contributed by atoms with Crippen LogP contribution in [0.25, 0.3) is 32.9 Å². The van der Waals surface area contributed by atoms with Crippen molar-refractivity contribution >= 4 is 39.5 Å². The molecule has 0 spiro atoms. The second kappa shape index (κ2) is 16.2. The van der Waals surface area contributed by atoms with E-state index < -0.39 is 29.9 Å². The standard InChI is InChI=1S/C45H37F3N6O7/c1-53-36-14-15-49-24-35(36)34-8-4-26(20-38(34)53)27-5-13-41(50-23-27)61-32-21-31(22-32)60-39-11-6-29(51-42(39)45(46,47)48)3-2-16-58-17-18-59-30-7-9-33-28(19-30)25-54(44(33)57)37-10-12-40(55)52-43(37)56/h4-9,11,13-15,19-20,23-24,31-32,37H,10,12,16-18,21-22,25H2,1H3,(H,52,55,56)/t31-,32-,37?. The molecule has 3 amide bonds. The molecule has 13 nitrogen and oxygen atoms in total. The molecule has 2 fully saturated rings. The Balaban J connectivity index is 0.727. The van der Waals surface area contributed by atoms with Gasteiger partial charge in [-0.1, -0.05) is 18.1 Å². The third kappa shape index (κ3) is 8.16. The Morgan fingerprint density at radius 3 is 2.52 bits per heavy atom. The summed E-state index contributed by atoms with van der Waals surface area (Å²) in [6.45, 7) is 0.420. The highest BCUT2D eigenvalue weighted by molar-refractivity contribution is 6.08. The molecule has 310 valence electrons. The Bertz CT molecular complexity index is 2760. The highest BCUT2D eigenvalue weighted by atomic mass is 19.4. The Hall–Kier alpha value is -6.99. The first kappa shape index (κ1) is 39.5. The van der Waals surface area contributed by atoms with Gasteiger partial charge in [0, 0.05) is 84.9 Å². The highest BCUT2D eigenvalue weighted by Gasteiger charge is 2.41. The van der Waals surface area contributed by atoms with Gasteiger partial charge in [0.1, 0.15) is 42.9 Å². The van der Waals surface area contributed by atoms with Crippen LogP contribution in [0.3, 0.4) is 0 Å². The quantitative estimate of drug-likeness (QED) is 0.0885. The first-order chi connectivity index (χ1) is 29.5. The first-order valence-corrected chi connectivity index (χ1v) is 19.7. The number of carbonyl (C=O) groups is 3. The van der Waals surface area contributed by atoms with Crippen LogP contribution in [0.15, 0.2) is 85.3 Å². The van der Waals surface area contributed by atoms with E-state index in [1.165, 1.54) is 17.0 Å². The molecule has 4 aromatic heterocycles. The molecule has 2 aliphatic heterocycles. The van der Waals surface area contributed by atoms with Gasteiger partial charge in [0.05, 0.1) is 12.1 Å². The van der Waals surface area contributed by atoms with Gasteiger partial charge in [-0.15, -0.1) is 0 Å². The molecule has 3 aliphatic rings. The minimum Gasteiger partial charge on any atom is -0.491 e. The summed E-state index contributed by atoms with van der Waals surface area (Å²) < 4.78 is 67.2. The van der Waals surface area contributed by atoms with Crippen molar-refractivity contribution < 1.29 is 46.5 Å². The van der Waals surface area contributed by atoms with Crippen LogP contribution in [0.5, 0.6) is 17.4 Å². The van der Waals surface area contributed by atoms with E-state index in [0.29, 0.717) is 35.6 Å². The van der Waals surface area contributed by atoms with E-state index in [0.717, 1.165) is 32.9 Å². The number of aromatic nitrogens is 4. The number of fused-ring (bicyclic) bond motifs is 4. The summed E-state index contributed by atoms with van der Waals surface area (Å²) in [5.74, 6) is 4.71. The molecule has 16 heteroatoms. The predicted octanol–water partition coefficient (Wildman–Crippen LogP) is 6.40. The number of pyridine rings is 3. The lowest BCUT2D eigenvalue weighted by molar-refractivity contribution is -0.143. The summed E-state index contributed by atoms with van der Waals surface area (Å²) in [7, 11) is 2.03. The zero-order valence-electron chi connectivity index (χ0n) is 32.7. The van der Waals surface area contributed by atoms with E-state index in [2.05, 4.69) is 48.8 Å². The van der Waals surface area contributed by atoms with Crippen molar-refractivity contribution in [3.05, 3.63) is 108 Å². The van der Waals surface area contributed by atoms with Crippen LogP contribution in [0.2, 0.25) is 0 Å². The van der Waals surface area contributed by atoms with Gasteiger partial charge < -0.3 is 28.4 Å². The van der Waals surface area contributed by atoms with Gasteiger partial charge in [0.25, 0.3) is 5.91 Å². The van der Waals surface area contributed by atoms with Crippen LogP contribution in [0.1, 0.15) is 53.0 Å². The summed E-state index contributed by atoms with van der Waals surface area (Å²) in [6.07, 6.45) is 1.06. The molecule has 6 heterocycles. The number of hydrogen-bond donors (Lipinski definition) is 1. The maximum Gasteiger partial charge on any atom is 0.437 e. The van der Waals surface area contributed by atoms with Crippen molar-refractivity contribution in [2.45, 2.75) is 56.7 Å². The van der Waals surface area contributed by atoms with Crippen LogP contribution in [-0.4, -0.2) is 80.2 Å². The Morgan fingerprint density at radius 1 is 0.885 bits per heavy atom. The third-order valence-corrected chi connectivity index (χ3v) is 11.0. The number of nitrogens with zero attached hydrogens (tertiary/aromatic N) is 5. The second-order valence-electron chi connectivity index (χ2n) is 15.0. The molecular formula is C45H37F3N6O7. The minimum atomic E-state index is -4.77. The molecule has 1 N–H and O–H groups in total. The summed E-state index contributed by atoms with van der Waals surface area (Å²) in [5.41, 5.74) is 4.02. The van der Waals surface area contributed by atoms with Crippen LogP contribution in [0, 0.1) is 11.8 Å². The fourth-order valence-electron chi connectivity index (χ4n) is 7.84. The molecule has 6 aromatic rings. The highest BCUT2D eigenvalue weighted by Crippen LogP contribution is 2.38. The molecule has 1 saturated heterocycles. The van der Waals surface area contributed by atoms with E-state index in [9.17, 15) is 27.6 Å². The Kier molecular flexibility index (Phi) is 10.5. The van der Waals surface area contributed by atoms with Gasteiger partial charge in [0.15, 0.2) is 11.4 Å². The van der Waals surface area contributed by atoms with Crippen molar-refractivity contribution in [1.82, 2.24) is 29.7 Å². The smallest absolute Gasteiger partial charge is 0.437 e. The van der Waals surface area contributed by atoms with E-state index in [4.69, 9.17) is 18.9 Å². The van der Waals surface area contributed by atoms with Crippen molar-refractivity contribution in [1.29, 1.82) is 0 Å². The minimum absolute atomic E-state index is 0.0791. The second-order valence-corrected chi connectivity index (χ2v) is 15.0. The van der Waals surface area contributed by atoms with Gasteiger partial charge in [0.2, 0.25) is 17.7 Å². The molecule has 1 atom stereocenters. The number of ether oxygens (including phenoxy) is 4. The average molecular weight is 831 g/mol. The SMILES string of the molecule is Cn1c2ccncc2c2ccc(-c3ccc(O[C@H]4C[C@H](Oc5ccc(C#CCOCCOc6ccc7c(c6)CN(C6CCC(=O)NC6=O)C7=O)nc5C(F)(F)F)C4)nc3)cc21. The molecule has 0 bridgehead atoms. The number of halogens is 3. The Morgan fingerprint density at radius 2 is 1.72 bits per heavy atom. The van der Waals surface area contributed by atoms with Crippen molar-refractivity contribution in [3.63, 3.8) is 0 Å². The van der Waals surface area contributed by atoms with Crippen LogP contribution in [0.4, 0.5) is 13.2 Å². The van der Waals surface area contributed by atoms with Gasteiger partial charge in [-0.2, -0.15) is 13.2 Å². The maximum atomic E-state index is 14.0. The fourth-order valence-corrected chi connectivity index (χ4v) is 7.84. The molecular weight excluding hydrogens is 794 g/mol. The largest absolute Gasteiger partial charge is 0.491 e. The lowest BCUT2D eigenvalue weighted by Gasteiger charge is -2.35. The van der Waals surface area contributed by atoms with Crippen LogP contribution in [-0.2, 0) is 34.1 Å². The lowest BCUT2D eigenvalue weighted by Crippen LogP contribution is -2.52. The van der Waals surface area contributed by atoms with E-state index in [-0.39, 0.29) is 68.6 Å². The summed E-state index contributed by atoms with van der Waals surface area (Å²) in [5, 5.41) is 4.49. The fraction of sp³-hybridized carbons (Fsp3) is 0.289. The topological polar surface area (TPSA) is 147 Å². The number of amides is 3. The number of imide groups is 1. The monoisotopic (exact) mass is 830 g/mol. The number of nitrogens with one attached hydrogen (secondary N) is 1. The summed E-state index contributed by atoms with van der Waals surface area (Å²) >= 11 is 0. The normalized spacial score (nSPS) is 18.7. The molecule has 1 saturated carbocycles. The zero-order valence-corrected chi connectivity index (χ0v) is 32.7. The summed E-state index contributed by atoms with van der Waals surface area (Å²) in [6, 6.07) is 18.8. The molecule has 2 aromatic carbocycles. The molecule has 1 unspecified atom stereocenters. The van der Waals surface area contributed by atoms with Crippen LogP contribution < -0.4 is 19.5 Å². The maximum absolute atomic E-state index is 14.0.